The number of rotatable bonds is 8. The number of nitrogens with one attached hydrogen (secondary N) is 1. The van der Waals surface area contributed by atoms with Crippen molar-refractivity contribution in [1.29, 1.82) is 0 Å². The SMILES string of the molecule is CCCOCCCNc1ccccc1S(N)(=O)=O. The lowest BCUT2D eigenvalue weighted by Crippen LogP contribution is -2.15. The van der Waals surface area contributed by atoms with Crippen LogP contribution in [0.2, 0.25) is 0 Å². The maximum absolute atomic E-state index is 11.3. The maximum Gasteiger partial charge on any atom is 0.240 e. The fraction of sp³-hybridized carbons (Fsp3) is 0.500. The Morgan fingerprint density at radius 3 is 2.67 bits per heavy atom. The van der Waals surface area contributed by atoms with E-state index in [1.165, 1.54) is 6.07 Å². The second kappa shape index (κ2) is 7.35. The van der Waals surface area contributed by atoms with E-state index >= 15 is 0 Å². The summed E-state index contributed by atoms with van der Waals surface area (Å²) in [5.41, 5.74) is 0.537. The molecule has 0 radical (unpaired) electrons. The van der Waals surface area contributed by atoms with Gasteiger partial charge in [-0.2, -0.15) is 0 Å². The zero-order valence-electron chi connectivity index (χ0n) is 10.6. The fourth-order valence-electron chi connectivity index (χ4n) is 1.50. The molecular weight excluding hydrogens is 252 g/mol. The van der Waals surface area contributed by atoms with Gasteiger partial charge < -0.3 is 10.1 Å². The molecule has 102 valence electrons. The van der Waals surface area contributed by atoms with Crippen LogP contribution >= 0.6 is 0 Å². The largest absolute Gasteiger partial charge is 0.384 e. The predicted molar refractivity (Wildman–Crippen MR) is 72.0 cm³/mol. The van der Waals surface area contributed by atoms with Crippen LogP contribution in [0.15, 0.2) is 29.2 Å². The zero-order chi connectivity index (χ0) is 13.4. The number of para-hydroxylation sites is 1. The van der Waals surface area contributed by atoms with Crippen molar-refractivity contribution in [2.45, 2.75) is 24.7 Å². The first-order chi connectivity index (χ1) is 8.55. The Hall–Kier alpha value is -1.11. The minimum Gasteiger partial charge on any atom is -0.384 e. The fourth-order valence-corrected chi connectivity index (χ4v) is 2.22. The molecule has 5 nitrogen and oxygen atoms in total. The van der Waals surface area contributed by atoms with Gasteiger partial charge in [-0.25, -0.2) is 13.6 Å². The molecule has 0 amide bonds. The molecule has 18 heavy (non-hydrogen) atoms. The topological polar surface area (TPSA) is 81.4 Å². The van der Waals surface area contributed by atoms with Crippen LogP contribution in [0, 0.1) is 0 Å². The lowest BCUT2D eigenvalue weighted by atomic mass is 10.3. The highest BCUT2D eigenvalue weighted by Gasteiger charge is 2.12. The standard InChI is InChI=1S/C12H20N2O3S/c1-2-9-17-10-5-8-14-11-6-3-4-7-12(11)18(13,15)16/h3-4,6-7,14H,2,5,8-10H2,1H3,(H2,13,15,16). The number of hydrogen-bond donors (Lipinski definition) is 2. The lowest BCUT2D eigenvalue weighted by Gasteiger charge is -2.10. The molecule has 0 heterocycles. The van der Waals surface area contributed by atoms with Crippen LogP contribution in [-0.4, -0.2) is 28.2 Å². The van der Waals surface area contributed by atoms with Crippen LogP contribution in [0.1, 0.15) is 19.8 Å². The van der Waals surface area contributed by atoms with Gasteiger partial charge >= 0.3 is 0 Å². The van der Waals surface area contributed by atoms with Gasteiger partial charge in [0.1, 0.15) is 4.90 Å². The second-order valence-electron chi connectivity index (χ2n) is 3.93. The van der Waals surface area contributed by atoms with Crippen molar-refractivity contribution in [2.24, 2.45) is 5.14 Å². The first kappa shape index (κ1) is 14.9. The van der Waals surface area contributed by atoms with Gasteiger partial charge in [0.05, 0.1) is 5.69 Å². The van der Waals surface area contributed by atoms with Gasteiger partial charge in [-0.05, 0) is 25.0 Å². The summed E-state index contributed by atoms with van der Waals surface area (Å²) in [5, 5.41) is 8.19. The summed E-state index contributed by atoms with van der Waals surface area (Å²) in [6.45, 7) is 4.13. The van der Waals surface area contributed by atoms with Crippen molar-refractivity contribution in [3.05, 3.63) is 24.3 Å². The minimum absolute atomic E-state index is 0.125. The van der Waals surface area contributed by atoms with E-state index in [2.05, 4.69) is 12.2 Å². The Balaban J connectivity index is 2.48. The molecule has 1 rings (SSSR count). The number of hydrogen-bond acceptors (Lipinski definition) is 4. The van der Waals surface area contributed by atoms with E-state index in [1.54, 1.807) is 18.2 Å². The molecule has 6 heteroatoms. The Bertz CT molecular complexity index is 460. The van der Waals surface area contributed by atoms with Crippen LogP contribution in [-0.2, 0) is 14.8 Å². The summed E-state index contributed by atoms with van der Waals surface area (Å²) in [5.74, 6) is 0. The molecule has 0 atom stereocenters. The number of benzene rings is 1. The van der Waals surface area contributed by atoms with Crippen molar-refractivity contribution >= 4 is 15.7 Å². The molecule has 0 bridgehead atoms. The van der Waals surface area contributed by atoms with E-state index in [-0.39, 0.29) is 4.90 Å². The molecule has 1 aromatic rings. The van der Waals surface area contributed by atoms with Crippen LogP contribution in [0.4, 0.5) is 5.69 Å². The van der Waals surface area contributed by atoms with Crippen LogP contribution in [0.5, 0.6) is 0 Å². The third-order valence-electron chi connectivity index (χ3n) is 2.32. The molecule has 0 saturated carbocycles. The van der Waals surface area contributed by atoms with E-state index in [4.69, 9.17) is 9.88 Å². The highest BCUT2D eigenvalue weighted by molar-refractivity contribution is 7.89. The van der Waals surface area contributed by atoms with E-state index in [0.29, 0.717) is 18.8 Å². The zero-order valence-corrected chi connectivity index (χ0v) is 11.4. The Morgan fingerprint density at radius 1 is 1.28 bits per heavy atom. The predicted octanol–water partition coefficient (Wildman–Crippen LogP) is 1.56. The molecule has 1 aromatic carbocycles. The smallest absolute Gasteiger partial charge is 0.240 e. The lowest BCUT2D eigenvalue weighted by molar-refractivity contribution is 0.134. The average Bonchev–Trinajstić information content (AvgIpc) is 2.33. The molecular formula is C12H20N2O3S. The van der Waals surface area contributed by atoms with Gasteiger partial charge in [-0.3, -0.25) is 0 Å². The summed E-state index contributed by atoms with van der Waals surface area (Å²) >= 11 is 0. The monoisotopic (exact) mass is 272 g/mol. The average molecular weight is 272 g/mol. The van der Waals surface area contributed by atoms with E-state index in [9.17, 15) is 8.42 Å². The van der Waals surface area contributed by atoms with Crippen molar-refractivity contribution in [1.82, 2.24) is 0 Å². The van der Waals surface area contributed by atoms with Crippen LogP contribution in [0.25, 0.3) is 0 Å². The molecule has 0 aromatic heterocycles. The number of sulfonamides is 1. The number of ether oxygens (including phenoxy) is 1. The van der Waals surface area contributed by atoms with E-state index < -0.39 is 10.0 Å². The summed E-state index contributed by atoms with van der Waals surface area (Å²) in [6, 6.07) is 6.61. The molecule has 0 aliphatic heterocycles. The second-order valence-corrected chi connectivity index (χ2v) is 5.46. The van der Waals surface area contributed by atoms with Crippen molar-refractivity contribution < 1.29 is 13.2 Å². The number of anilines is 1. The summed E-state index contributed by atoms with van der Waals surface area (Å²) in [7, 11) is -3.68. The molecule has 0 spiro atoms. The third-order valence-corrected chi connectivity index (χ3v) is 3.29. The van der Waals surface area contributed by atoms with Crippen molar-refractivity contribution in [3.8, 4) is 0 Å². The summed E-state index contributed by atoms with van der Waals surface area (Å²) in [6.07, 6.45) is 1.82. The summed E-state index contributed by atoms with van der Waals surface area (Å²) in [4.78, 5) is 0.125. The number of nitrogens with two attached hydrogens (primary N) is 1. The van der Waals surface area contributed by atoms with E-state index in [1.807, 2.05) is 0 Å². The highest BCUT2D eigenvalue weighted by atomic mass is 32.2. The number of primary sulfonamides is 1. The molecule has 0 fully saturated rings. The van der Waals surface area contributed by atoms with Gasteiger partial charge in [-0.15, -0.1) is 0 Å². The van der Waals surface area contributed by atoms with Crippen molar-refractivity contribution in [3.63, 3.8) is 0 Å². The van der Waals surface area contributed by atoms with Gasteiger partial charge in [0, 0.05) is 19.8 Å². The van der Waals surface area contributed by atoms with E-state index in [0.717, 1.165) is 19.4 Å². The van der Waals surface area contributed by atoms with Gasteiger partial charge in [0.2, 0.25) is 10.0 Å². The van der Waals surface area contributed by atoms with Gasteiger partial charge in [0.25, 0.3) is 0 Å². The molecule has 3 N–H and O–H groups in total. The quantitative estimate of drug-likeness (QED) is 0.704. The first-order valence-electron chi connectivity index (χ1n) is 5.99. The first-order valence-corrected chi connectivity index (χ1v) is 7.53. The molecule has 0 unspecified atom stereocenters. The molecule has 0 saturated heterocycles. The van der Waals surface area contributed by atoms with Crippen LogP contribution < -0.4 is 10.5 Å². The van der Waals surface area contributed by atoms with Crippen molar-refractivity contribution in [2.75, 3.05) is 25.1 Å². The Kier molecular flexibility index (Phi) is 6.11. The highest BCUT2D eigenvalue weighted by Crippen LogP contribution is 2.18. The Labute approximate surface area is 108 Å². The Morgan fingerprint density at radius 2 is 2.00 bits per heavy atom. The molecule has 0 aliphatic rings. The van der Waals surface area contributed by atoms with Gasteiger partial charge in [0.15, 0.2) is 0 Å². The van der Waals surface area contributed by atoms with Crippen LogP contribution in [0.3, 0.4) is 0 Å². The third kappa shape index (κ3) is 5.03. The summed E-state index contributed by atoms with van der Waals surface area (Å²) < 4.78 is 28.0. The maximum atomic E-state index is 11.3. The van der Waals surface area contributed by atoms with Gasteiger partial charge in [-0.1, -0.05) is 19.1 Å². The minimum atomic E-state index is -3.68. The molecule has 0 aliphatic carbocycles. The normalized spacial score (nSPS) is 11.4.